The van der Waals surface area contributed by atoms with Crippen LogP contribution in [0.2, 0.25) is 0 Å². The van der Waals surface area contributed by atoms with Crippen LogP contribution >= 0.6 is 0 Å². The van der Waals surface area contributed by atoms with E-state index in [1.807, 2.05) is 12.1 Å². The summed E-state index contributed by atoms with van der Waals surface area (Å²) in [7, 11) is 0. The monoisotopic (exact) mass is 246 g/mol. The summed E-state index contributed by atoms with van der Waals surface area (Å²) >= 11 is 0. The van der Waals surface area contributed by atoms with E-state index in [1.54, 1.807) is 18.2 Å². The maximum Gasteiger partial charge on any atom is 0.514 e. The molecule has 0 aliphatic heterocycles. The Hall–Kier alpha value is -1.77. The van der Waals surface area contributed by atoms with E-state index in [-0.39, 0.29) is 6.10 Å². The van der Waals surface area contributed by atoms with E-state index in [9.17, 15) is 4.79 Å². The van der Waals surface area contributed by atoms with Crippen LogP contribution in [0.4, 0.5) is 4.79 Å². The summed E-state index contributed by atoms with van der Waals surface area (Å²) in [6.07, 6.45) is 6.56. The molecule has 1 aromatic rings. The van der Waals surface area contributed by atoms with Crippen molar-refractivity contribution in [1.29, 1.82) is 0 Å². The average Bonchev–Trinajstić information content (AvgIpc) is 2.40. The molecule has 1 saturated carbocycles. The van der Waals surface area contributed by atoms with Crippen molar-refractivity contribution in [2.24, 2.45) is 0 Å². The van der Waals surface area contributed by atoms with Gasteiger partial charge in [-0.1, -0.05) is 31.2 Å². The van der Waals surface area contributed by atoms with Crippen LogP contribution in [-0.2, 0) is 4.74 Å². The van der Waals surface area contributed by atoms with Gasteiger partial charge in [0.05, 0.1) is 0 Å². The number of carbonyl (C=O) groups excluding carboxylic acids is 1. The quantitative estimate of drug-likeness (QED) is 0.593. The minimum absolute atomic E-state index is 0.0266. The smallest absolute Gasteiger partial charge is 0.431 e. The largest absolute Gasteiger partial charge is 0.514 e. The van der Waals surface area contributed by atoms with E-state index in [2.05, 4.69) is 6.58 Å². The van der Waals surface area contributed by atoms with Gasteiger partial charge >= 0.3 is 6.16 Å². The van der Waals surface area contributed by atoms with Gasteiger partial charge in [-0.15, -0.1) is 0 Å². The van der Waals surface area contributed by atoms with Crippen LogP contribution in [0.1, 0.15) is 37.7 Å². The van der Waals surface area contributed by atoms with E-state index in [0.29, 0.717) is 5.75 Å². The van der Waals surface area contributed by atoms with Crippen LogP contribution in [-0.4, -0.2) is 12.3 Å². The van der Waals surface area contributed by atoms with Crippen molar-refractivity contribution in [2.45, 2.75) is 38.2 Å². The Bertz CT molecular complexity index is 402. The summed E-state index contributed by atoms with van der Waals surface area (Å²) < 4.78 is 10.4. The molecule has 3 heteroatoms. The maximum atomic E-state index is 11.6. The zero-order chi connectivity index (χ0) is 12.8. The second-order valence-electron chi connectivity index (χ2n) is 4.50. The van der Waals surface area contributed by atoms with Crippen molar-refractivity contribution in [3.63, 3.8) is 0 Å². The van der Waals surface area contributed by atoms with Gasteiger partial charge < -0.3 is 9.47 Å². The highest BCUT2D eigenvalue weighted by Crippen LogP contribution is 2.21. The molecule has 0 aromatic heterocycles. The predicted octanol–water partition coefficient (Wildman–Crippen LogP) is 4.18. The lowest BCUT2D eigenvalue weighted by atomic mass is 9.98. The highest BCUT2D eigenvalue weighted by Gasteiger charge is 2.18. The van der Waals surface area contributed by atoms with Crippen molar-refractivity contribution < 1.29 is 14.3 Å². The van der Waals surface area contributed by atoms with Crippen LogP contribution in [0.3, 0.4) is 0 Å². The predicted molar refractivity (Wildman–Crippen MR) is 70.5 cm³/mol. The molecule has 1 aliphatic rings. The topological polar surface area (TPSA) is 35.5 Å². The Balaban J connectivity index is 1.83. The summed E-state index contributed by atoms with van der Waals surface area (Å²) in [6.45, 7) is 3.67. The van der Waals surface area contributed by atoms with E-state index in [0.717, 1.165) is 31.2 Å². The number of hydrogen-bond donors (Lipinski definition) is 0. The van der Waals surface area contributed by atoms with Gasteiger partial charge in [-0.3, -0.25) is 0 Å². The van der Waals surface area contributed by atoms with Gasteiger partial charge in [-0.25, -0.2) is 4.79 Å². The van der Waals surface area contributed by atoms with Gasteiger partial charge in [-0.2, -0.15) is 0 Å². The first-order valence-electron chi connectivity index (χ1n) is 6.39. The van der Waals surface area contributed by atoms with Gasteiger partial charge in [0.15, 0.2) is 0 Å². The zero-order valence-corrected chi connectivity index (χ0v) is 10.4. The van der Waals surface area contributed by atoms with E-state index >= 15 is 0 Å². The summed E-state index contributed by atoms with van der Waals surface area (Å²) in [5.41, 5.74) is 0.989. The highest BCUT2D eigenvalue weighted by molar-refractivity contribution is 5.64. The van der Waals surface area contributed by atoms with Crippen molar-refractivity contribution in [2.75, 3.05) is 0 Å². The molecule has 2 rings (SSSR count). The fourth-order valence-corrected chi connectivity index (χ4v) is 2.11. The standard InChI is InChI=1S/C15H18O3/c1-2-12-8-10-14(11-9-12)18-15(16)17-13-6-4-3-5-7-13/h2,8-11,13H,1,3-7H2. The molecule has 3 nitrogen and oxygen atoms in total. The molecule has 1 fully saturated rings. The molecule has 0 spiro atoms. The third-order valence-electron chi connectivity index (χ3n) is 3.13. The Morgan fingerprint density at radius 2 is 1.83 bits per heavy atom. The molecule has 0 unspecified atom stereocenters. The Morgan fingerprint density at radius 1 is 1.17 bits per heavy atom. The second-order valence-corrected chi connectivity index (χ2v) is 4.50. The molecule has 0 bridgehead atoms. The normalized spacial score (nSPS) is 16.0. The Kier molecular flexibility index (Phi) is 4.40. The molecule has 1 aliphatic carbocycles. The molecule has 96 valence electrons. The molecule has 0 atom stereocenters. The molecule has 0 N–H and O–H groups in total. The molecule has 0 saturated heterocycles. The van der Waals surface area contributed by atoms with Crippen LogP contribution in [0.15, 0.2) is 30.8 Å². The maximum absolute atomic E-state index is 11.6. The third-order valence-corrected chi connectivity index (χ3v) is 3.13. The number of carbonyl (C=O) groups is 1. The minimum Gasteiger partial charge on any atom is -0.431 e. The van der Waals surface area contributed by atoms with Crippen molar-refractivity contribution in [3.05, 3.63) is 36.4 Å². The summed E-state index contributed by atoms with van der Waals surface area (Å²) in [5.74, 6) is 0.501. The first-order chi connectivity index (χ1) is 8.78. The average molecular weight is 246 g/mol. The Morgan fingerprint density at radius 3 is 2.44 bits per heavy atom. The SMILES string of the molecule is C=Cc1ccc(OC(=O)OC2CCCCC2)cc1. The lowest BCUT2D eigenvalue weighted by Gasteiger charge is -2.21. The molecular formula is C15H18O3. The summed E-state index contributed by atoms with van der Waals surface area (Å²) in [5, 5.41) is 0. The van der Waals surface area contributed by atoms with Crippen LogP contribution < -0.4 is 4.74 Å². The van der Waals surface area contributed by atoms with Crippen LogP contribution in [0, 0.1) is 0 Å². The fourth-order valence-electron chi connectivity index (χ4n) is 2.11. The molecule has 18 heavy (non-hydrogen) atoms. The number of ether oxygens (including phenoxy) is 2. The van der Waals surface area contributed by atoms with E-state index in [4.69, 9.17) is 9.47 Å². The molecule has 0 amide bonds. The summed E-state index contributed by atoms with van der Waals surface area (Å²) in [4.78, 5) is 11.6. The van der Waals surface area contributed by atoms with Gasteiger partial charge in [0.25, 0.3) is 0 Å². The Labute approximate surface area is 107 Å². The van der Waals surface area contributed by atoms with Gasteiger partial charge in [0.1, 0.15) is 11.9 Å². The third kappa shape index (κ3) is 3.62. The van der Waals surface area contributed by atoms with Crippen LogP contribution in [0.5, 0.6) is 5.75 Å². The highest BCUT2D eigenvalue weighted by atomic mass is 16.7. The van der Waals surface area contributed by atoms with Crippen LogP contribution in [0.25, 0.3) is 6.08 Å². The minimum atomic E-state index is -0.603. The molecular weight excluding hydrogens is 228 g/mol. The lowest BCUT2D eigenvalue weighted by molar-refractivity contribution is 0.0417. The van der Waals surface area contributed by atoms with E-state index < -0.39 is 6.16 Å². The second kappa shape index (κ2) is 6.24. The van der Waals surface area contributed by atoms with Crippen molar-refractivity contribution >= 4 is 12.2 Å². The molecule has 0 radical (unpaired) electrons. The number of hydrogen-bond acceptors (Lipinski definition) is 3. The molecule has 1 aromatic carbocycles. The first-order valence-corrected chi connectivity index (χ1v) is 6.39. The van der Waals surface area contributed by atoms with Gasteiger partial charge in [0, 0.05) is 0 Å². The summed E-state index contributed by atoms with van der Waals surface area (Å²) in [6, 6.07) is 7.16. The fraction of sp³-hybridized carbons (Fsp3) is 0.400. The lowest BCUT2D eigenvalue weighted by Crippen LogP contribution is -2.22. The van der Waals surface area contributed by atoms with Gasteiger partial charge in [0.2, 0.25) is 0 Å². The first kappa shape index (κ1) is 12.7. The van der Waals surface area contributed by atoms with Crippen molar-refractivity contribution in [1.82, 2.24) is 0 Å². The molecule has 0 heterocycles. The van der Waals surface area contributed by atoms with Gasteiger partial charge in [-0.05, 0) is 43.4 Å². The van der Waals surface area contributed by atoms with E-state index in [1.165, 1.54) is 6.42 Å². The zero-order valence-electron chi connectivity index (χ0n) is 10.4. The number of benzene rings is 1. The number of rotatable bonds is 3. The van der Waals surface area contributed by atoms with Crippen molar-refractivity contribution in [3.8, 4) is 5.75 Å².